The highest BCUT2D eigenvalue weighted by molar-refractivity contribution is 5.95. The second-order valence-corrected chi connectivity index (χ2v) is 4.67. The molecule has 0 bridgehead atoms. The summed E-state index contributed by atoms with van der Waals surface area (Å²) in [6.07, 6.45) is 0.589. The Labute approximate surface area is 118 Å². The zero-order valence-electron chi connectivity index (χ0n) is 11.1. The molecule has 20 heavy (non-hydrogen) atoms. The van der Waals surface area contributed by atoms with Crippen molar-refractivity contribution in [2.75, 3.05) is 12.3 Å². The average Bonchev–Trinajstić information content (AvgIpc) is 2.47. The maximum atomic E-state index is 12.1. The lowest BCUT2D eigenvalue weighted by Crippen LogP contribution is -2.39. The molecule has 1 atom stereocenters. The number of carbonyl (C=O) groups excluding carboxylic acids is 1. The zero-order valence-corrected chi connectivity index (χ0v) is 11.1. The van der Waals surface area contributed by atoms with E-state index in [1.807, 2.05) is 30.3 Å². The van der Waals surface area contributed by atoms with Gasteiger partial charge in [-0.05, 0) is 30.2 Å². The van der Waals surface area contributed by atoms with Gasteiger partial charge in [0.05, 0.1) is 12.6 Å². The number of aliphatic hydroxyl groups excluding tert-OH is 1. The highest BCUT2D eigenvalue weighted by Crippen LogP contribution is 2.08. The molecule has 0 unspecified atom stereocenters. The summed E-state index contributed by atoms with van der Waals surface area (Å²) in [7, 11) is 0. The fourth-order valence-electron chi connectivity index (χ4n) is 2.01. The van der Waals surface area contributed by atoms with Gasteiger partial charge in [0.25, 0.3) is 5.91 Å². The molecule has 0 heterocycles. The van der Waals surface area contributed by atoms with E-state index in [1.165, 1.54) is 0 Å². The van der Waals surface area contributed by atoms with Crippen LogP contribution in [0, 0.1) is 0 Å². The third kappa shape index (κ3) is 3.83. The molecule has 0 aliphatic carbocycles. The van der Waals surface area contributed by atoms with Crippen molar-refractivity contribution >= 4 is 11.6 Å². The van der Waals surface area contributed by atoms with Crippen molar-refractivity contribution in [2.24, 2.45) is 0 Å². The summed E-state index contributed by atoms with van der Waals surface area (Å²) in [4.78, 5) is 12.1. The molecule has 4 nitrogen and oxygen atoms in total. The molecule has 0 radical (unpaired) electrons. The molecule has 0 fully saturated rings. The van der Waals surface area contributed by atoms with Crippen LogP contribution < -0.4 is 11.1 Å². The van der Waals surface area contributed by atoms with Crippen LogP contribution in [-0.2, 0) is 6.42 Å². The number of hydrogen-bond donors (Lipinski definition) is 3. The number of benzene rings is 2. The van der Waals surface area contributed by atoms with E-state index in [4.69, 9.17) is 5.73 Å². The molecule has 2 rings (SSSR count). The third-order valence-electron chi connectivity index (χ3n) is 3.03. The number of aliphatic hydroxyl groups is 1. The van der Waals surface area contributed by atoms with Gasteiger partial charge in [-0.1, -0.05) is 36.4 Å². The second-order valence-electron chi connectivity index (χ2n) is 4.67. The number of nitrogen functional groups attached to an aromatic ring is 1. The summed E-state index contributed by atoms with van der Waals surface area (Å²) < 4.78 is 0. The van der Waals surface area contributed by atoms with Crippen LogP contribution in [0.3, 0.4) is 0 Å². The van der Waals surface area contributed by atoms with Crippen LogP contribution in [0.4, 0.5) is 5.69 Å². The van der Waals surface area contributed by atoms with Gasteiger partial charge in [-0.3, -0.25) is 4.79 Å². The average molecular weight is 270 g/mol. The van der Waals surface area contributed by atoms with Crippen molar-refractivity contribution in [3.63, 3.8) is 0 Å². The van der Waals surface area contributed by atoms with Crippen LogP contribution in [0.1, 0.15) is 15.9 Å². The number of nitrogens with two attached hydrogens (primary N) is 1. The van der Waals surface area contributed by atoms with Gasteiger partial charge in [-0.15, -0.1) is 0 Å². The van der Waals surface area contributed by atoms with Crippen LogP contribution >= 0.6 is 0 Å². The molecule has 0 saturated carbocycles. The Morgan fingerprint density at radius 1 is 1.15 bits per heavy atom. The van der Waals surface area contributed by atoms with Crippen molar-refractivity contribution in [2.45, 2.75) is 12.5 Å². The summed E-state index contributed by atoms with van der Waals surface area (Å²) in [5, 5.41) is 12.2. The van der Waals surface area contributed by atoms with Crippen molar-refractivity contribution in [1.82, 2.24) is 5.32 Å². The van der Waals surface area contributed by atoms with E-state index in [1.54, 1.807) is 24.3 Å². The van der Waals surface area contributed by atoms with Gasteiger partial charge in [0.2, 0.25) is 0 Å². The number of anilines is 1. The minimum atomic E-state index is -0.314. The summed E-state index contributed by atoms with van der Waals surface area (Å²) >= 11 is 0. The van der Waals surface area contributed by atoms with Crippen molar-refractivity contribution < 1.29 is 9.90 Å². The molecule has 4 N–H and O–H groups in total. The monoisotopic (exact) mass is 270 g/mol. The van der Waals surface area contributed by atoms with Crippen LogP contribution in [0.2, 0.25) is 0 Å². The summed E-state index contributed by atoms with van der Waals surface area (Å²) in [5.74, 6) is -0.229. The SMILES string of the molecule is Nc1cccc(C(=O)N[C@@H](CO)Cc2ccccc2)c1. The summed E-state index contributed by atoms with van der Waals surface area (Å²) in [5.41, 5.74) is 7.76. The first-order valence-corrected chi connectivity index (χ1v) is 6.50. The fourth-order valence-corrected chi connectivity index (χ4v) is 2.01. The van der Waals surface area contributed by atoms with Gasteiger partial charge in [-0.25, -0.2) is 0 Å². The quantitative estimate of drug-likeness (QED) is 0.722. The van der Waals surface area contributed by atoms with Crippen LogP contribution in [0.25, 0.3) is 0 Å². The largest absolute Gasteiger partial charge is 0.399 e. The molecule has 104 valence electrons. The predicted molar refractivity (Wildman–Crippen MR) is 79.3 cm³/mol. The van der Waals surface area contributed by atoms with E-state index in [0.29, 0.717) is 17.7 Å². The van der Waals surface area contributed by atoms with E-state index in [9.17, 15) is 9.90 Å². The van der Waals surface area contributed by atoms with Gasteiger partial charge in [0.15, 0.2) is 0 Å². The molecule has 0 spiro atoms. The lowest BCUT2D eigenvalue weighted by molar-refractivity contribution is 0.0916. The molecule has 0 saturated heterocycles. The first kappa shape index (κ1) is 14.1. The van der Waals surface area contributed by atoms with Crippen molar-refractivity contribution in [1.29, 1.82) is 0 Å². The van der Waals surface area contributed by atoms with Crippen LogP contribution in [0.5, 0.6) is 0 Å². The Hall–Kier alpha value is -2.33. The normalized spacial score (nSPS) is 11.8. The standard InChI is InChI=1S/C16H18N2O2/c17-14-8-4-7-13(10-14)16(20)18-15(11-19)9-12-5-2-1-3-6-12/h1-8,10,15,19H,9,11,17H2,(H,18,20)/t15-/m1/s1. The van der Waals surface area contributed by atoms with E-state index >= 15 is 0 Å². The molecule has 4 heteroatoms. The molecule has 2 aromatic carbocycles. The molecule has 1 amide bonds. The van der Waals surface area contributed by atoms with E-state index in [0.717, 1.165) is 5.56 Å². The van der Waals surface area contributed by atoms with Gasteiger partial charge in [0.1, 0.15) is 0 Å². The Morgan fingerprint density at radius 3 is 2.55 bits per heavy atom. The predicted octanol–water partition coefficient (Wildman–Crippen LogP) is 1.60. The number of nitrogens with one attached hydrogen (secondary N) is 1. The summed E-state index contributed by atoms with van der Waals surface area (Å²) in [6.45, 7) is -0.108. The minimum absolute atomic E-state index is 0.108. The van der Waals surface area contributed by atoms with Gasteiger partial charge in [0, 0.05) is 11.3 Å². The van der Waals surface area contributed by atoms with Gasteiger partial charge < -0.3 is 16.2 Å². The lowest BCUT2D eigenvalue weighted by Gasteiger charge is -2.16. The fraction of sp³-hybridized carbons (Fsp3) is 0.188. The van der Waals surface area contributed by atoms with E-state index in [2.05, 4.69) is 5.32 Å². The van der Waals surface area contributed by atoms with Crippen molar-refractivity contribution in [3.8, 4) is 0 Å². The van der Waals surface area contributed by atoms with E-state index in [-0.39, 0.29) is 18.6 Å². The number of carbonyl (C=O) groups is 1. The Bertz CT molecular complexity index is 570. The van der Waals surface area contributed by atoms with Crippen molar-refractivity contribution in [3.05, 3.63) is 65.7 Å². The number of hydrogen-bond acceptors (Lipinski definition) is 3. The van der Waals surface area contributed by atoms with E-state index < -0.39 is 0 Å². The number of amides is 1. The number of rotatable bonds is 5. The maximum Gasteiger partial charge on any atom is 0.251 e. The minimum Gasteiger partial charge on any atom is -0.399 e. The molecule has 2 aromatic rings. The topological polar surface area (TPSA) is 75.4 Å². The van der Waals surface area contributed by atoms with Gasteiger partial charge >= 0.3 is 0 Å². The Balaban J connectivity index is 2.01. The highest BCUT2D eigenvalue weighted by atomic mass is 16.3. The molecule has 0 aliphatic heterocycles. The summed E-state index contributed by atoms with van der Waals surface area (Å²) in [6, 6.07) is 16.2. The molecule has 0 aliphatic rings. The first-order valence-electron chi connectivity index (χ1n) is 6.50. The smallest absolute Gasteiger partial charge is 0.251 e. The van der Waals surface area contributed by atoms with Gasteiger partial charge in [-0.2, -0.15) is 0 Å². The molecule has 0 aromatic heterocycles. The maximum absolute atomic E-state index is 12.1. The van der Waals surface area contributed by atoms with Crippen LogP contribution in [-0.4, -0.2) is 23.7 Å². The van der Waals surface area contributed by atoms with Crippen LogP contribution in [0.15, 0.2) is 54.6 Å². The first-order chi connectivity index (χ1) is 9.69. The molecular formula is C16H18N2O2. The second kappa shape index (κ2) is 6.73. The highest BCUT2D eigenvalue weighted by Gasteiger charge is 2.13. The molecular weight excluding hydrogens is 252 g/mol. The lowest BCUT2D eigenvalue weighted by atomic mass is 10.1. The Morgan fingerprint density at radius 2 is 1.90 bits per heavy atom. The zero-order chi connectivity index (χ0) is 14.4. The Kier molecular flexibility index (Phi) is 4.74. The third-order valence-corrected chi connectivity index (χ3v) is 3.03.